The number of halogens is 1. The normalized spacial score (nSPS) is 11.5. The summed E-state index contributed by atoms with van der Waals surface area (Å²) >= 11 is 6.16. The molecule has 1 atom stereocenters. The van der Waals surface area contributed by atoms with Gasteiger partial charge in [-0.05, 0) is 36.8 Å². The molecule has 0 aromatic heterocycles. The van der Waals surface area contributed by atoms with Crippen LogP contribution in [0, 0.1) is 0 Å². The smallest absolute Gasteiger partial charge is 0.341 e. The summed E-state index contributed by atoms with van der Waals surface area (Å²) in [4.78, 5) is 22.8. The van der Waals surface area contributed by atoms with Gasteiger partial charge in [0.15, 0.2) is 6.61 Å². The third kappa shape index (κ3) is 5.39. The van der Waals surface area contributed by atoms with E-state index in [1.165, 1.54) is 7.11 Å². The Bertz CT molecular complexity index is 776. The first kappa shape index (κ1) is 19.6. The molecule has 0 fully saturated rings. The van der Waals surface area contributed by atoms with Gasteiger partial charge in [-0.25, -0.2) is 4.79 Å². The lowest BCUT2D eigenvalue weighted by atomic mass is 10.1. The lowest BCUT2D eigenvalue weighted by Gasteiger charge is -2.16. The zero-order valence-electron chi connectivity index (χ0n) is 14.5. The van der Waals surface area contributed by atoms with Crippen molar-refractivity contribution in [3.8, 4) is 11.5 Å². The monoisotopic (exact) mass is 377 g/mol. The molecular formula is C19H20ClNO5. The molecule has 0 radical (unpaired) electrons. The highest BCUT2D eigenvalue weighted by Gasteiger charge is 2.15. The highest BCUT2D eigenvalue weighted by Crippen LogP contribution is 2.27. The van der Waals surface area contributed by atoms with Gasteiger partial charge in [0, 0.05) is 10.6 Å². The van der Waals surface area contributed by atoms with Crippen molar-refractivity contribution in [1.29, 1.82) is 0 Å². The second-order valence-electron chi connectivity index (χ2n) is 5.64. The molecule has 2 rings (SSSR count). The summed E-state index contributed by atoms with van der Waals surface area (Å²) in [6.07, 6.45) is 0.104. The molecule has 0 bridgehead atoms. The number of nitrogens with one attached hydrogen (secondary N) is 1. The number of carboxylic acids is 1. The number of ether oxygens (including phenoxy) is 2. The Hall–Kier alpha value is -2.73. The van der Waals surface area contributed by atoms with Crippen LogP contribution in [-0.2, 0) is 16.0 Å². The maximum absolute atomic E-state index is 12.3. The van der Waals surface area contributed by atoms with Crippen molar-refractivity contribution >= 4 is 23.5 Å². The van der Waals surface area contributed by atoms with Crippen LogP contribution in [0.15, 0.2) is 42.5 Å². The predicted molar refractivity (Wildman–Crippen MR) is 97.8 cm³/mol. The average molecular weight is 378 g/mol. The largest absolute Gasteiger partial charge is 0.496 e. The van der Waals surface area contributed by atoms with E-state index in [1.807, 2.05) is 6.92 Å². The van der Waals surface area contributed by atoms with Gasteiger partial charge in [0.2, 0.25) is 5.91 Å². The van der Waals surface area contributed by atoms with Crippen molar-refractivity contribution in [2.75, 3.05) is 13.7 Å². The van der Waals surface area contributed by atoms with Crippen LogP contribution < -0.4 is 14.8 Å². The minimum absolute atomic E-state index is 0.104. The first-order valence-corrected chi connectivity index (χ1v) is 8.33. The lowest BCUT2D eigenvalue weighted by molar-refractivity contribution is -0.139. The van der Waals surface area contributed by atoms with E-state index < -0.39 is 12.6 Å². The highest BCUT2D eigenvalue weighted by molar-refractivity contribution is 6.31. The first-order chi connectivity index (χ1) is 12.4. The van der Waals surface area contributed by atoms with E-state index in [2.05, 4.69) is 5.32 Å². The van der Waals surface area contributed by atoms with Gasteiger partial charge < -0.3 is 19.9 Å². The number of methoxy groups -OCH3 is 1. The van der Waals surface area contributed by atoms with E-state index in [0.29, 0.717) is 22.1 Å². The number of carbonyl (C=O) groups is 2. The van der Waals surface area contributed by atoms with Crippen LogP contribution >= 0.6 is 11.6 Å². The second kappa shape index (κ2) is 9.10. The van der Waals surface area contributed by atoms with Crippen LogP contribution in [0.5, 0.6) is 11.5 Å². The maximum atomic E-state index is 12.3. The minimum atomic E-state index is -1.04. The Balaban J connectivity index is 1.98. The van der Waals surface area contributed by atoms with E-state index in [0.717, 1.165) is 5.56 Å². The predicted octanol–water partition coefficient (Wildman–Crippen LogP) is 3.23. The number of amides is 1. The fourth-order valence-electron chi connectivity index (χ4n) is 2.44. The molecule has 1 amide bonds. The van der Waals surface area contributed by atoms with Crippen molar-refractivity contribution in [2.45, 2.75) is 19.4 Å². The van der Waals surface area contributed by atoms with Gasteiger partial charge >= 0.3 is 5.97 Å². The average Bonchev–Trinajstić information content (AvgIpc) is 2.62. The van der Waals surface area contributed by atoms with Crippen LogP contribution in [0.4, 0.5) is 0 Å². The molecule has 0 aliphatic heterocycles. The van der Waals surface area contributed by atoms with Gasteiger partial charge in [-0.2, -0.15) is 0 Å². The fourth-order valence-corrected chi connectivity index (χ4v) is 2.67. The van der Waals surface area contributed by atoms with Crippen molar-refractivity contribution in [3.05, 3.63) is 58.6 Å². The molecule has 0 spiro atoms. The number of carbonyl (C=O) groups excluding carboxylic acids is 1. The molecule has 0 saturated heterocycles. The van der Waals surface area contributed by atoms with Gasteiger partial charge in [0.1, 0.15) is 11.5 Å². The van der Waals surface area contributed by atoms with Gasteiger partial charge in [0.05, 0.1) is 19.6 Å². The number of rotatable bonds is 8. The second-order valence-corrected chi connectivity index (χ2v) is 6.05. The van der Waals surface area contributed by atoms with Crippen LogP contribution in [0.25, 0.3) is 0 Å². The number of aliphatic carboxylic acids is 1. The van der Waals surface area contributed by atoms with Crippen molar-refractivity contribution in [3.63, 3.8) is 0 Å². The Morgan fingerprint density at radius 2 is 1.88 bits per heavy atom. The van der Waals surface area contributed by atoms with E-state index >= 15 is 0 Å². The third-order valence-corrected chi connectivity index (χ3v) is 4.11. The number of carboxylic acid groups (broad SMARTS) is 1. The van der Waals surface area contributed by atoms with Crippen molar-refractivity contribution in [2.24, 2.45) is 0 Å². The Labute approximate surface area is 156 Å². The molecule has 138 valence electrons. The molecule has 2 aromatic rings. The van der Waals surface area contributed by atoms with E-state index in [-0.39, 0.29) is 18.4 Å². The van der Waals surface area contributed by atoms with E-state index in [9.17, 15) is 9.59 Å². The molecule has 0 aliphatic carbocycles. The van der Waals surface area contributed by atoms with E-state index in [1.54, 1.807) is 42.5 Å². The molecule has 1 unspecified atom stereocenters. The fraction of sp³-hybridized carbons (Fsp3) is 0.263. The SMILES string of the molecule is COc1cccc(Cl)c1CC(=O)NC(C)c1ccc(OCC(=O)O)cc1. The number of hydrogen-bond donors (Lipinski definition) is 2. The topological polar surface area (TPSA) is 84.9 Å². The van der Waals surface area contributed by atoms with Crippen molar-refractivity contribution in [1.82, 2.24) is 5.32 Å². The van der Waals surface area contributed by atoms with E-state index in [4.69, 9.17) is 26.2 Å². The molecule has 6 nitrogen and oxygen atoms in total. The third-order valence-electron chi connectivity index (χ3n) is 3.75. The Morgan fingerprint density at radius 1 is 1.19 bits per heavy atom. The standard InChI is InChI=1S/C19H20ClNO5/c1-12(13-6-8-14(9-7-13)26-11-19(23)24)21-18(22)10-15-16(20)4-3-5-17(15)25-2/h3-9,12H,10-11H2,1-2H3,(H,21,22)(H,23,24). The zero-order chi connectivity index (χ0) is 19.1. The summed E-state index contributed by atoms with van der Waals surface area (Å²) < 4.78 is 10.3. The molecule has 0 saturated carbocycles. The summed E-state index contributed by atoms with van der Waals surface area (Å²) in [5.74, 6) is -0.199. The van der Waals surface area contributed by atoms with Gasteiger partial charge in [-0.3, -0.25) is 4.79 Å². The lowest BCUT2D eigenvalue weighted by Crippen LogP contribution is -2.28. The van der Waals surface area contributed by atoms with Crippen LogP contribution in [0.2, 0.25) is 5.02 Å². The van der Waals surface area contributed by atoms with Gasteiger partial charge in [0.25, 0.3) is 0 Å². The van der Waals surface area contributed by atoms with Gasteiger partial charge in [-0.1, -0.05) is 29.8 Å². The van der Waals surface area contributed by atoms with Crippen molar-refractivity contribution < 1.29 is 24.2 Å². The molecule has 2 N–H and O–H groups in total. The minimum Gasteiger partial charge on any atom is -0.496 e. The summed E-state index contributed by atoms with van der Waals surface area (Å²) in [5, 5.41) is 12.0. The molecule has 0 heterocycles. The first-order valence-electron chi connectivity index (χ1n) is 7.96. The number of benzene rings is 2. The zero-order valence-corrected chi connectivity index (χ0v) is 15.2. The quantitative estimate of drug-likeness (QED) is 0.737. The Kier molecular flexibility index (Phi) is 6.86. The molecule has 0 aliphatic rings. The molecule has 26 heavy (non-hydrogen) atoms. The van der Waals surface area contributed by atoms with Crippen LogP contribution in [0.1, 0.15) is 24.1 Å². The molecular weight excluding hydrogens is 358 g/mol. The van der Waals surface area contributed by atoms with Crippen LogP contribution in [-0.4, -0.2) is 30.7 Å². The Morgan fingerprint density at radius 3 is 2.50 bits per heavy atom. The summed E-state index contributed by atoms with van der Waals surface area (Å²) in [7, 11) is 1.53. The summed E-state index contributed by atoms with van der Waals surface area (Å²) in [5.41, 5.74) is 1.51. The summed E-state index contributed by atoms with van der Waals surface area (Å²) in [6.45, 7) is 1.46. The summed E-state index contributed by atoms with van der Waals surface area (Å²) in [6, 6.07) is 11.9. The van der Waals surface area contributed by atoms with Crippen LogP contribution in [0.3, 0.4) is 0 Å². The highest BCUT2D eigenvalue weighted by atomic mass is 35.5. The maximum Gasteiger partial charge on any atom is 0.341 e. The molecule has 2 aromatic carbocycles. The number of hydrogen-bond acceptors (Lipinski definition) is 4. The van der Waals surface area contributed by atoms with Gasteiger partial charge in [-0.15, -0.1) is 0 Å². The molecule has 7 heteroatoms.